The molecule has 0 fully saturated rings. The zero-order valence-electron chi connectivity index (χ0n) is 8.51. The molecule has 0 spiro atoms. The number of hydrogen-bond donors (Lipinski definition) is 0. The highest BCUT2D eigenvalue weighted by Crippen LogP contribution is 2.37. The molecular weight excluding hydrogens is 267 g/mol. The van der Waals surface area contributed by atoms with Crippen molar-refractivity contribution in [3.05, 3.63) is 48.0 Å². The lowest BCUT2D eigenvalue weighted by molar-refractivity contribution is 1.02. The molecule has 1 rings (SSSR count). The maximum Gasteiger partial charge on any atom is 0.348 e. The quantitative estimate of drug-likeness (QED) is 0.425. The summed E-state index contributed by atoms with van der Waals surface area (Å²) in [7, 11) is 0. The maximum atomic E-state index is 6.03. The largest absolute Gasteiger partial charge is 0.348 e. The molecule has 0 N–H and O–H groups in total. The summed E-state index contributed by atoms with van der Waals surface area (Å²) < 4.78 is 0. The number of allylic oxidation sites excluding steroid dienone is 1. The van der Waals surface area contributed by atoms with Gasteiger partial charge in [0.1, 0.15) is 0 Å². The topological polar surface area (TPSA) is 0 Å². The normalized spacial score (nSPS) is 13.6. The van der Waals surface area contributed by atoms with E-state index in [2.05, 4.69) is 12.6 Å². The Balaban J connectivity index is 3.07. The summed E-state index contributed by atoms with van der Waals surface area (Å²) in [4.78, 5) is 0. The predicted octanol–water partition coefficient (Wildman–Crippen LogP) is 4.71. The minimum absolute atomic E-state index is 0.0126. The molecule has 0 saturated heterocycles. The van der Waals surface area contributed by atoms with E-state index in [1.807, 2.05) is 31.2 Å². The van der Waals surface area contributed by atoms with Gasteiger partial charge in [-0.05, 0) is 17.5 Å². The highest BCUT2D eigenvalue weighted by Gasteiger charge is 2.35. The van der Waals surface area contributed by atoms with Crippen LogP contribution in [-0.2, 0) is 6.42 Å². The van der Waals surface area contributed by atoms with E-state index in [1.165, 1.54) is 5.56 Å². The summed E-state index contributed by atoms with van der Waals surface area (Å²) in [5, 5.41) is 0. The van der Waals surface area contributed by atoms with Gasteiger partial charge in [-0.25, -0.2) is 0 Å². The van der Waals surface area contributed by atoms with Crippen molar-refractivity contribution in [1.82, 2.24) is 0 Å². The summed E-state index contributed by atoms with van der Waals surface area (Å²) in [6, 6.07) is 5.37. The molecule has 0 nitrogen and oxygen atoms in total. The molecule has 0 aliphatic carbocycles. The van der Waals surface area contributed by atoms with Crippen LogP contribution in [-0.4, -0.2) is 6.00 Å². The molecule has 0 saturated carbocycles. The van der Waals surface area contributed by atoms with Crippen LogP contribution in [0, 0.1) is 0 Å². The van der Waals surface area contributed by atoms with E-state index in [9.17, 15) is 0 Å². The van der Waals surface area contributed by atoms with E-state index in [-0.39, 0.29) is 5.54 Å². The van der Waals surface area contributed by atoms with Gasteiger partial charge in [0.15, 0.2) is 0 Å². The molecule has 0 bridgehead atoms. The van der Waals surface area contributed by atoms with Crippen LogP contribution in [0.1, 0.15) is 23.6 Å². The third-order valence-electron chi connectivity index (χ3n) is 2.38. The fourth-order valence-electron chi connectivity index (χ4n) is 1.47. The second kappa shape index (κ2) is 5.40. The van der Waals surface area contributed by atoms with Crippen LogP contribution in [0.4, 0.5) is 0 Å². The molecule has 15 heavy (non-hydrogen) atoms. The fraction of sp³-hybridized carbons (Fsp3) is 0.273. The zero-order chi connectivity index (χ0) is 11.5. The van der Waals surface area contributed by atoms with E-state index < -0.39 is 6.00 Å². The first kappa shape index (κ1) is 13.1. The Morgan fingerprint density at radius 3 is 2.47 bits per heavy atom. The van der Waals surface area contributed by atoms with E-state index in [0.29, 0.717) is 0 Å². The Morgan fingerprint density at radius 1 is 1.33 bits per heavy atom. The molecule has 1 unspecified atom stereocenters. The highest BCUT2D eigenvalue weighted by molar-refractivity contribution is 7.65. The zero-order valence-corrected chi connectivity index (χ0v) is 11.8. The summed E-state index contributed by atoms with van der Waals surface area (Å²) in [5.74, 6) is 0. The molecule has 0 amide bonds. The van der Waals surface area contributed by atoms with Crippen LogP contribution in [0.3, 0.4) is 0 Å². The Bertz CT molecular complexity index is 344. The summed E-state index contributed by atoms with van der Waals surface area (Å²) >= 11 is 18.1. The van der Waals surface area contributed by atoms with Crippen molar-refractivity contribution in [3.8, 4) is 0 Å². The van der Waals surface area contributed by atoms with Crippen LogP contribution in [0.15, 0.2) is 36.9 Å². The highest BCUT2D eigenvalue weighted by atomic mass is 35.8. The molecule has 0 aliphatic rings. The average molecular weight is 280 g/mol. The minimum Gasteiger partial charge on any atom is -0.125 e. The summed E-state index contributed by atoms with van der Waals surface area (Å²) in [6.45, 7) is 5.70. The van der Waals surface area contributed by atoms with Crippen molar-refractivity contribution in [2.45, 2.75) is 18.9 Å². The van der Waals surface area contributed by atoms with E-state index >= 15 is 0 Å². The number of rotatable bonds is 4. The maximum absolute atomic E-state index is 6.03. The van der Waals surface area contributed by atoms with Crippen LogP contribution in [0.2, 0.25) is 0 Å². The minimum atomic E-state index is -2.68. The van der Waals surface area contributed by atoms with Crippen molar-refractivity contribution in [3.63, 3.8) is 0 Å². The van der Waals surface area contributed by atoms with E-state index in [1.54, 1.807) is 0 Å². The van der Waals surface area contributed by atoms with Gasteiger partial charge in [-0.1, -0.05) is 37.3 Å². The van der Waals surface area contributed by atoms with Crippen molar-refractivity contribution >= 4 is 39.2 Å². The number of benzene rings is 1. The van der Waals surface area contributed by atoms with Crippen LogP contribution < -0.4 is 0 Å². The first-order chi connectivity index (χ1) is 6.96. The molecule has 1 atom stereocenters. The summed E-state index contributed by atoms with van der Waals surface area (Å²) in [5.41, 5.74) is 2.33. The van der Waals surface area contributed by atoms with Crippen LogP contribution in [0.25, 0.3) is 0 Å². The average Bonchev–Trinajstić information content (AvgIpc) is 2.17. The Labute approximate surface area is 106 Å². The third-order valence-corrected chi connectivity index (χ3v) is 6.62. The summed E-state index contributed by atoms with van der Waals surface area (Å²) in [6.07, 6.45) is 2.68. The van der Waals surface area contributed by atoms with Crippen LogP contribution in [0.5, 0.6) is 0 Å². The van der Waals surface area contributed by atoms with Gasteiger partial charge in [0, 0.05) is 5.54 Å². The lowest BCUT2D eigenvalue weighted by Gasteiger charge is -2.20. The van der Waals surface area contributed by atoms with Gasteiger partial charge in [0.05, 0.1) is 0 Å². The Morgan fingerprint density at radius 2 is 1.93 bits per heavy atom. The van der Waals surface area contributed by atoms with Gasteiger partial charge >= 0.3 is 6.00 Å². The van der Waals surface area contributed by atoms with Crippen molar-refractivity contribution in [2.75, 3.05) is 0 Å². The van der Waals surface area contributed by atoms with Crippen molar-refractivity contribution in [1.29, 1.82) is 0 Å². The smallest absolute Gasteiger partial charge is 0.125 e. The van der Waals surface area contributed by atoms with Gasteiger partial charge < -0.3 is 0 Å². The molecule has 0 radical (unpaired) electrons. The fourth-order valence-corrected chi connectivity index (χ4v) is 3.17. The second-order valence-electron chi connectivity index (χ2n) is 3.45. The number of halogens is 3. The SMILES string of the molecule is C=CCc1ccccc1C(C)[Si](Cl)(Cl)Cl. The van der Waals surface area contributed by atoms with Gasteiger partial charge in [0.2, 0.25) is 0 Å². The molecule has 4 heteroatoms. The van der Waals surface area contributed by atoms with Crippen LogP contribution >= 0.6 is 33.2 Å². The monoisotopic (exact) mass is 278 g/mol. The molecular formula is C11H13Cl3Si. The van der Waals surface area contributed by atoms with Gasteiger partial charge in [0.25, 0.3) is 0 Å². The lowest BCUT2D eigenvalue weighted by Crippen LogP contribution is -2.21. The number of hydrogen-bond acceptors (Lipinski definition) is 0. The van der Waals surface area contributed by atoms with Gasteiger partial charge in [-0.3, -0.25) is 0 Å². The lowest BCUT2D eigenvalue weighted by atomic mass is 10.0. The van der Waals surface area contributed by atoms with Gasteiger partial charge in [-0.2, -0.15) is 0 Å². The second-order valence-corrected chi connectivity index (χ2v) is 12.5. The molecule has 82 valence electrons. The molecule has 0 aromatic heterocycles. The van der Waals surface area contributed by atoms with E-state index in [4.69, 9.17) is 33.2 Å². The predicted molar refractivity (Wildman–Crippen MR) is 72.1 cm³/mol. The van der Waals surface area contributed by atoms with E-state index in [0.717, 1.165) is 12.0 Å². The molecule has 1 aromatic rings. The Hall–Kier alpha value is 0.0469. The van der Waals surface area contributed by atoms with Crippen molar-refractivity contribution in [2.24, 2.45) is 0 Å². The first-order valence-electron chi connectivity index (χ1n) is 4.72. The van der Waals surface area contributed by atoms with Gasteiger partial charge in [-0.15, -0.1) is 39.8 Å². The molecule has 0 aliphatic heterocycles. The third kappa shape index (κ3) is 3.53. The first-order valence-corrected chi connectivity index (χ1v) is 9.83. The molecule has 0 heterocycles. The Kier molecular flexibility index (Phi) is 4.72. The van der Waals surface area contributed by atoms with Crippen molar-refractivity contribution < 1.29 is 0 Å². The molecule has 1 aromatic carbocycles. The standard InChI is InChI=1S/C11H13Cl3Si/c1-3-6-10-7-4-5-8-11(10)9(2)15(12,13)14/h3-5,7-9H,1,6H2,2H3.